The Balaban J connectivity index is 0.00000264. The van der Waals surface area contributed by atoms with Gasteiger partial charge in [-0.05, 0) is 24.6 Å². The number of hydrogen-bond donors (Lipinski definition) is 2. The molecule has 1 amide bonds. The first kappa shape index (κ1) is 19.5. The van der Waals surface area contributed by atoms with E-state index in [9.17, 15) is 4.79 Å². The van der Waals surface area contributed by atoms with Gasteiger partial charge in [0.1, 0.15) is 10.6 Å². The van der Waals surface area contributed by atoms with Gasteiger partial charge in [0.15, 0.2) is 0 Å². The lowest BCUT2D eigenvalue weighted by Gasteiger charge is -2.06. The Hall–Kier alpha value is -1.56. The highest BCUT2D eigenvalue weighted by Gasteiger charge is 2.17. The molecule has 0 aliphatic heterocycles. The summed E-state index contributed by atoms with van der Waals surface area (Å²) >= 11 is 1.46. The van der Waals surface area contributed by atoms with Crippen molar-refractivity contribution in [2.45, 2.75) is 13.3 Å². The van der Waals surface area contributed by atoms with E-state index in [1.54, 1.807) is 7.11 Å². The second-order valence-corrected chi connectivity index (χ2v) is 5.93. The van der Waals surface area contributed by atoms with Crippen LogP contribution in [0.25, 0.3) is 10.4 Å². The molecule has 2 rings (SSSR count). The standard InChI is InChI=1S/C17H22N2O2S.ClH/c1-3-9-18-10-11-19-17(20)16-14(21-2)12-15(22-16)13-7-5-4-6-8-13;/h4-8,12,18H,3,9-11H2,1-2H3,(H,19,20);1H. The van der Waals surface area contributed by atoms with Crippen LogP contribution in [0.5, 0.6) is 5.75 Å². The number of nitrogens with one attached hydrogen (secondary N) is 2. The van der Waals surface area contributed by atoms with Crippen molar-refractivity contribution in [2.75, 3.05) is 26.7 Å². The molecule has 0 radical (unpaired) electrons. The molecule has 23 heavy (non-hydrogen) atoms. The number of benzene rings is 1. The summed E-state index contributed by atoms with van der Waals surface area (Å²) in [4.78, 5) is 13.9. The fourth-order valence-electron chi connectivity index (χ4n) is 2.08. The Morgan fingerprint density at radius 1 is 1.17 bits per heavy atom. The average molecular weight is 355 g/mol. The highest BCUT2D eigenvalue weighted by atomic mass is 35.5. The Morgan fingerprint density at radius 2 is 1.91 bits per heavy atom. The van der Waals surface area contributed by atoms with E-state index in [0.29, 0.717) is 17.2 Å². The lowest BCUT2D eigenvalue weighted by Crippen LogP contribution is -2.31. The van der Waals surface area contributed by atoms with Crippen molar-refractivity contribution >= 4 is 29.7 Å². The number of amides is 1. The molecule has 6 heteroatoms. The molecule has 126 valence electrons. The fourth-order valence-corrected chi connectivity index (χ4v) is 3.12. The minimum Gasteiger partial charge on any atom is -0.495 e. The minimum absolute atomic E-state index is 0. The highest BCUT2D eigenvalue weighted by molar-refractivity contribution is 7.17. The Morgan fingerprint density at radius 3 is 2.57 bits per heavy atom. The van der Waals surface area contributed by atoms with Gasteiger partial charge in [-0.2, -0.15) is 0 Å². The van der Waals surface area contributed by atoms with E-state index in [1.807, 2.05) is 36.4 Å². The topological polar surface area (TPSA) is 50.4 Å². The van der Waals surface area contributed by atoms with E-state index in [0.717, 1.165) is 30.0 Å². The molecule has 1 aromatic carbocycles. The van der Waals surface area contributed by atoms with Gasteiger partial charge in [0, 0.05) is 18.0 Å². The summed E-state index contributed by atoms with van der Waals surface area (Å²) < 4.78 is 5.35. The second kappa shape index (κ2) is 10.3. The second-order valence-electron chi connectivity index (χ2n) is 4.88. The lowest BCUT2D eigenvalue weighted by atomic mass is 10.2. The van der Waals surface area contributed by atoms with Crippen LogP contribution in [0.2, 0.25) is 0 Å². The predicted molar refractivity (Wildman–Crippen MR) is 99.0 cm³/mol. The lowest BCUT2D eigenvalue weighted by molar-refractivity contribution is 0.0955. The number of methoxy groups -OCH3 is 1. The molecule has 1 aromatic heterocycles. The van der Waals surface area contributed by atoms with Crippen molar-refractivity contribution in [1.29, 1.82) is 0 Å². The van der Waals surface area contributed by atoms with Gasteiger partial charge in [-0.25, -0.2) is 0 Å². The first-order chi connectivity index (χ1) is 10.8. The highest BCUT2D eigenvalue weighted by Crippen LogP contribution is 2.35. The zero-order chi connectivity index (χ0) is 15.8. The molecule has 0 unspecified atom stereocenters. The molecule has 4 nitrogen and oxygen atoms in total. The van der Waals surface area contributed by atoms with Crippen LogP contribution in [0.1, 0.15) is 23.0 Å². The molecule has 0 saturated carbocycles. The van der Waals surface area contributed by atoms with Gasteiger partial charge in [-0.1, -0.05) is 37.3 Å². The van der Waals surface area contributed by atoms with Crippen LogP contribution in [0.15, 0.2) is 36.4 Å². The molecule has 0 fully saturated rings. The summed E-state index contributed by atoms with van der Waals surface area (Å²) in [5, 5.41) is 6.19. The van der Waals surface area contributed by atoms with Crippen molar-refractivity contribution < 1.29 is 9.53 Å². The number of carbonyl (C=O) groups is 1. The van der Waals surface area contributed by atoms with Gasteiger partial charge >= 0.3 is 0 Å². The van der Waals surface area contributed by atoms with Gasteiger partial charge in [-0.15, -0.1) is 23.7 Å². The molecular formula is C17H23ClN2O2S. The largest absolute Gasteiger partial charge is 0.495 e. The third kappa shape index (κ3) is 5.53. The molecule has 1 heterocycles. The molecule has 0 saturated heterocycles. The van der Waals surface area contributed by atoms with E-state index >= 15 is 0 Å². The van der Waals surface area contributed by atoms with Crippen molar-refractivity contribution in [1.82, 2.24) is 10.6 Å². The normalized spacial score (nSPS) is 10.0. The van der Waals surface area contributed by atoms with Crippen LogP contribution in [-0.4, -0.2) is 32.7 Å². The van der Waals surface area contributed by atoms with Gasteiger partial charge in [0.25, 0.3) is 5.91 Å². The minimum atomic E-state index is -0.0812. The average Bonchev–Trinajstić information content (AvgIpc) is 3.00. The first-order valence-electron chi connectivity index (χ1n) is 7.48. The zero-order valence-corrected chi connectivity index (χ0v) is 15.1. The maximum Gasteiger partial charge on any atom is 0.265 e. The van der Waals surface area contributed by atoms with Crippen molar-refractivity contribution in [3.8, 4) is 16.2 Å². The van der Waals surface area contributed by atoms with Crippen LogP contribution < -0.4 is 15.4 Å². The number of halogens is 1. The summed E-state index contributed by atoms with van der Waals surface area (Å²) in [6, 6.07) is 11.9. The van der Waals surface area contributed by atoms with E-state index in [-0.39, 0.29) is 18.3 Å². The van der Waals surface area contributed by atoms with E-state index < -0.39 is 0 Å². The van der Waals surface area contributed by atoms with E-state index in [4.69, 9.17) is 4.74 Å². The monoisotopic (exact) mass is 354 g/mol. The maximum atomic E-state index is 12.3. The number of hydrogen-bond acceptors (Lipinski definition) is 4. The van der Waals surface area contributed by atoms with Gasteiger partial charge in [-0.3, -0.25) is 4.79 Å². The van der Waals surface area contributed by atoms with Crippen molar-refractivity contribution in [3.63, 3.8) is 0 Å². The molecule has 0 aliphatic rings. The molecule has 2 N–H and O–H groups in total. The molecule has 0 aliphatic carbocycles. The third-order valence-electron chi connectivity index (χ3n) is 3.20. The number of rotatable bonds is 8. The zero-order valence-electron chi connectivity index (χ0n) is 13.4. The first-order valence-corrected chi connectivity index (χ1v) is 8.30. The van der Waals surface area contributed by atoms with E-state index in [2.05, 4.69) is 17.6 Å². The smallest absolute Gasteiger partial charge is 0.265 e. The van der Waals surface area contributed by atoms with Gasteiger partial charge in [0.2, 0.25) is 0 Å². The summed E-state index contributed by atoms with van der Waals surface area (Å²) in [6.45, 7) is 4.48. The van der Waals surface area contributed by atoms with E-state index in [1.165, 1.54) is 11.3 Å². The maximum absolute atomic E-state index is 12.3. The third-order valence-corrected chi connectivity index (χ3v) is 4.36. The van der Waals surface area contributed by atoms with Crippen molar-refractivity contribution in [3.05, 3.63) is 41.3 Å². The molecular weight excluding hydrogens is 332 g/mol. The Bertz CT molecular complexity index is 602. The van der Waals surface area contributed by atoms with Crippen LogP contribution in [0, 0.1) is 0 Å². The fraction of sp³-hybridized carbons (Fsp3) is 0.353. The predicted octanol–water partition coefficient (Wildman–Crippen LogP) is 3.57. The molecule has 0 atom stereocenters. The van der Waals surface area contributed by atoms with Gasteiger partial charge in [0.05, 0.1) is 7.11 Å². The number of ether oxygens (including phenoxy) is 1. The van der Waals surface area contributed by atoms with Crippen LogP contribution in [0.4, 0.5) is 0 Å². The van der Waals surface area contributed by atoms with Crippen molar-refractivity contribution in [2.24, 2.45) is 0 Å². The summed E-state index contributed by atoms with van der Waals surface area (Å²) in [5.74, 6) is 0.546. The summed E-state index contributed by atoms with van der Waals surface area (Å²) in [5.41, 5.74) is 1.09. The number of thiophene rings is 1. The summed E-state index contributed by atoms with van der Waals surface area (Å²) in [7, 11) is 1.59. The van der Waals surface area contributed by atoms with Crippen LogP contribution in [-0.2, 0) is 0 Å². The number of carbonyl (C=O) groups excluding carboxylic acids is 1. The Kier molecular flexibility index (Phi) is 8.69. The van der Waals surface area contributed by atoms with Crippen LogP contribution in [0.3, 0.4) is 0 Å². The van der Waals surface area contributed by atoms with Crippen LogP contribution >= 0.6 is 23.7 Å². The SMILES string of the molecule is CCCNCCNC(=O)c1sc(-c2ccccc2)cc1OC.Cl. The quantitative estimate of drug-likeness (QED) is 0.712. The Labute approximate surface area is 147 Å². The van der Waals surface area contributed by atoms with Gasteiger partial charge < -0.3 is 15.4 Å². The molecule has 0 spiro atoms. The molecule has 0 bridgehead atoms. The summed E-state index contributed by atoms with van der Waals surface area (Å²) in [6.07, 6.45) is 1.09. The molecule has 2 aromatic rings.